The van der Waals surface area contributed by atoms with Crippen molar-refractivity contribution in [3.8, 4) is 0 Å². The smallest absolute Gasteiger partial charge is 0.356 e. The Bertz CT molecular complexity index is 420. The van der Waals surface area contributed by atoms with Gasteiger partial charge < -0.3 is 14.5 Å². The van der Waals surface area contributed by atoms with E-state index in [1.807, 2.05) is 6.92 Å². The molecule has 0 aromatic carbocycles. The zero-order valence-electron chi connectivity index (χ0n) is 11.7. The monoisotopic (exact) mass is 266 g/mol. The summed E-state index contributed by atoms with van der Waals surface area (Å²) in [6.45, 7) is 2.64. The quantitative estimate of drug-likeness (QED) is 0.672. The van der Waals surface area contributed by atoms with E-state index in [1.54, 1.807) is 0 Å². The first-order valence-corrected chi connectivity index (χ1v) is 6.99. The van der Waals surface area contributed by atoms with Crippen LogP contribution in [0.3, 0.4) is 0 Å². The molecule has 2 rings (SSSR count). The summed E-state index contributed by atoms with van der Waals surface area (Å²) in [6, 6.07) is 0. The van der Waals surface area contributed by atoms with Gasteiger partial charge in [0.2, 0.25) is 0 Å². The topological polar surface area (TPSA) is 64.2 Å². The van der Waals surface area contributed by atoms with Gasteiger partial charge in [0.25, 0.3) is 0 Å². The fourth-order valence-electron chi connectivity index (χ4n) is 2.79. The van der Waals surface area contributed by atoms with Gasteiger partial charge in [0.05, 0.1) is 13.3 Å². The van der Waals surface area contributed by atoms with E-state index < -0.39 is 0 Å². The fourth-order valence-corrected chi connectivity index (χ4v) is 2.79. The summed E-state index contributed by atoms with van der Waals surface area (Å²) in [5.74, 6) is 0.371. The molecule has 0 amide bonds. The summed E-state index contributed by atoms with van der Waals surface area (Å²) < 4.78 is 10.7. The number of esters is 1. The molecule has 0 saturated heterocycles. The minimum absolute atomic E-state index is 0.364. The third kappa shape index (κ3) is 2.97. The number of nitrogens with zero attached hydrogens (tertiary/aromatic N) is 1. The lowest BCUT2D eigenvalue weighted by molar-refractivity contribution is -0.0619. The van der Waals surface area contributed by atoms with Gasteiger partial charge in [-0.05, 0) is 19.8 Å². The van der Waals surface area contributed by atoms with Gasteiger partial charge in [0, 0.05) is 6.61 Å². The molecule has 5 heteroatoms. The number of carbonyl (C=O) groups excluding carboxylic acids is 1. The summed E-state index contributed by atoms with van der Waals surface area (Å²) in [5, 5.41) is 0. The van der Waals surface area contributed by atoms with E-state index in [2.05, 4.69) is 9.97 Å². The van der Waals surface area contributed by atoms with Gasteiger partial charge in [0.15, 0.2) is 0 Å². The van der Waals surface area contributed by atoms with Gasteiger partial charge in [0.1, 0.15) is 17.1 Å². The van der Waals surface area contributed by atoms with Gasteiger partial charge in [-0.15, -0.1) is 0 Å². The number of ether oxygens (including phenoxy) is 2. The van der Waals surface area contributed by atoms with Crippen molar-refractivity contribution >= 4 is 5.97 Å². The van der Waals surface area contributed by atoms with Crippen LogP contribution in [0.1, 0.15) is 61.8 Å². The number of hydrogen-bond donors (Lipinski definition) is 1. The normalized spacial score (nSPS) is 18.8. The van der Waals surface area contributed by atoms with Crippen LogP contribution in [0.25, 0.3) is 0 Å². The zero-order chi connectivity index (χ0) is 13.7. The Morgan fingerprint density at radius 1 is 1.37 bits per heavy atom. The molecule has 19 heavy (non-hydrogen) atoms. The summed E-state index contributed by atoms with van der Waals surface area (Å²) in [6.07, 6.45) is 8.18. The molecular formula is C14H22N2O3. The van der Waals surface area contributed by atoms with Crippen molar-refractivity contribution < 1.29 is 14.3 Å². The number of methoxy groups -OCH3 is 1. The molecule has 1 aromatic rings. The predicted octanol–water partition coefficient (Wildman–Crippen LogP) is 2.78. The molecule has 1 aliphatic rings. The molecule has 106 valence electrons. The molecule has 0 aliphatic heterocycles. The number of aromatic nitrogens is 2. The molecule has 0 unspecified atom stereocenters. The van der Waals surface area contributed by atoms with Crippen molar-refractivity contribution in [3.63, 3.8) is 0 Å². The highest BCUT2D eigenvalue weighted by Crippen LogP contribution is 2.37. The number of rotatable bonds is 4. The van der Waals surface area contributed by atoms with Crippen molar-refractivity contribution in [2.24, 2.45) is 0 Å². The maximum Gasteiger partial charge on any atom is 0.356 e. The van der Waals surface area contributed by atoms with Crippen LogP contribution in [-0.4, -0.2) is 29.7 Å². The van der Waals surface area contributed by atoms with Gasteiger partial charge in [-0.25, -0.2) is 9.78 Å². The van der Waals surface area contributed by atoms with Gasteiger partial charge in [-0.3, -0.25) is 0 Å². The zero-order valence-corrected chi connectivity index (χ0v) is 11.7. The Hall–Kier alpha value is -1.36. The van der Waals surface area contributed by atoms with Gasteiger partial charge in [-0.1, -0.05) is 25.7 Å². The average Bonchev–Trinajstić information content (AvgIpc) is 2.81. The van der Waals surface area contributed by atoms with Crippen LogP contribution in [0.4, 0.5) is 0 Å². The largest absolute Gasteiger partial charge is 0.464 e. The second kappa shape index (κ2) is 6.19. The Morgan fingerprint density at radius 2 is 2.05 bits per heavy atom. The minimum Gasteiger partial charge on any atom is -0.464 e. The summed E-state index contributed by atoms with van der Waals surface area (Å²) >= 11 is 0. The summed E-state index contributed by atoms with van der Waals surface area (Å²) in [7, 11) is 1.37. The highest BCUT2D eigenvalue weighted by molar-refractivity contribution is 5.86. The van der Waals surface area contributed by atoms with Crippen LogP contribution in [0.2, 0.25) is 0 Å². The van der Waals surface area contributed by atoms with E-state index in [9.17, 15) is 4.79 Å². The molecule has 1 heterocycles. The molecule has 0 atom stereocenters. The van der Waals surface area contributed by atoms with E-state index in [0.29, 0.717) is 12.3 Å². The van der Waals surface area contributed by atoms with E-state index >= 15 is 0 Å². The van der Waals surface area contributed by atoms with Gasteiger partial charge >= 0.3 is 5.97 Å². The van der Waals surface area contributed by atoms with Crippen molar-refractivity contribution in [1.29, 1.82) is 0 Å². The Labute approximate surface area is 113 Å². The van der Waals surface area contributed by atoms with Gasteiger partial charge in [-0.2, -0.15) is 0 Å². The fraction of sp³-hybridized carbons (Fsp3) is 0.714. The lowest BCUT2D eigenvalue weighted by atomic mass is 9.93. The van der Waals surface area contributed by atoms with E-state index in [4.69, 9.17) is 9.47 Å². The summed E-state index contributed by atoms with van der Waals surface area (Å²) in [4.78, 5) is 18.9. The molecule has 5 nitrogen and oxygen atoms in total. The lowest BCUT2D eigenvalue weighted by Gasteiger charge is -2.30. The van der Waals surface area contributed by atoms with Crippen LogP contribution in [0, 0.1) is 0 Å². The number of imidazole rings is 1. The molecule has 0 bridgehead atoms. The second-order valence-corrected chi connectivity index (χ2v) is 4.98. The van der Waals surface area contributed by atoms with Crippen molar-refractivity contribution in [2.75, 3.05) is 13.7 Å². The molecule has 1 N–H and O–H groups in total. The van der Waals surface area contributed by atoms with E-state index in [0.717, 1.165) is 31.5 Å². The third-order valence-electron chi connectivity index (χ3n) is 3.74. The number of aromatic amines is 1. The Balaban J connectivity index is 2.27. The maximum absolute atomic E-state index is 11.5. The standard InChI is InChI=1S/C14H22N2O3/c1-3-19-14(8-6-4-5-7-9-14)13-15-10-11(16-13)12(17)18-2/h10H,3-9H2,1-2H3,(H,15,16). The first kappa shape index (κ1) is 14.1. The first-order chi connectivity index (χ1) is 9.22. The van der Waals surface area contributed by atoms with E-state index in [1.165, 1.54) is 26.1 Å². The van der Waals surface area contributed by atoms with Crippen LogP contribution in [0.15, 0.2) is 6.20 Å². The molecule has 1 aromatic heterocycles. The molecule has 1 saturated carbocycles. The van der Waals surface area contributed by atoms with Crippen LogP contribution >= 0.6 is 0 Å². The average molecular weight is 266 g/mol. The Kier molecular flexibility index (Phi) is 4.58. The second-order valence-electron chi connectivity index (χ2n) is 4.98. The minimum atomic E-state index is -0.390. The van der Waals surface area contributed by atoms with Crippen LogP contribution < -0.4 is 0 Å². The summed E-state index contributed by atoms with van der Waals surface area (Å²) in [5.41, 5.74) is 0.0261. The number of carbonyl (C=O) groups is 1. The molecule has 1 fully saturated rings. The maximum atomic E-state index is 11.5. The van der Waals surface area contributed by atoms with Crippen LogP contribution in [0.5, 0.6) is 0 Å². The molecule has 0 radical (unpaired) electrons. The Morgan fingerprint density at radius 3 is 2.63 bits per heavy atom. The van der Waals surface area contributed by atoms with Crippen LogP contribution in [-0.2, 0) is 15.1 Å². The van der Waals surface area contributed by atoms with Crippen molar-refractivity contribution in [1.82, 2.24) is 9.97 Å². The van der Waals surface area contributed by atoms with Crippen molar-refractivity contribution in [3.05, 3.63) is 17.7 Å². The highest BCUT2D eigenvalue weighted by Gasteiger charge is 2.36. The number of H-pyrrole nitrogens is 1. The van der Waals surface area contributed by atoms with Crippen molar-refractivity contribution in [2.45, 2.75) is 51.0 Å². The number of nitrogens with one attached hydrogen (secondary N) is 1. The molecular weight excluding hydrogens is 244 g/mol. The predicted molar refractivity (Wildman–Crippen MR) is 70.9 cm³/mol. The van der Waals surface area contributed by atoms with E-state index in [-0.39, 0.29) is 11.6 Å². The highest BCUT2D eigenvalue weighted by atomic mass is 16.5. The number of hydrogen-bond acceptors (Lipinski definition) is 4. The SMILES string of the molecule is CCOC1(c2ncc(C(=O)OC)[nH]2)CCCCCC1. The molecule has 1 aliphatic carbocycles. The molecule has 0 spiro atoms. The first-order valence-electron chi connectivity index (χ1n) is 6.99. The lowest BCUT2D eigenvalue weighted by Crippen LogP contribution is -2.31. The third-order valence-corrected chi connectivity index (χ3v) is 3.74.